The van der Waals surface area contributed by atoms with E-state index in [1.54, 1.807) is 6.07 Å². The molecule has 0 N–H and O–H groups in total. The molecular formula is C12H14N2O. The largest absolute Gasteiger partial charge is 0.490 e. The van der Waals surface area contributed by atoms with Gasteiger partial charge in [-0.3, -0.25) is 0 Å². The first-order chi connectivity index (χ1) is 7.19. The van der Waals surface area contributed by atoms with Gasteiger partial charge in [0.25, 0.3) is 0 Å². The average Bonchev–Trinajstić information content (AvgIpc) is 3.01. The van der Waals surface area contributed by atoms with E-state index in [0.717, 1.165) is 24.3 Å². The van der Waals surface area contributed by atoms with Crippen molar-refractivity contribution in [1.82, 2.24) is 4.98 Å². The highest BCUT2D eigenvalue weighted by molar-refractivity contribution is 5.34. The van der Waals surface area contributed by atoms with Crippen LogP contribution < -0.4 is 4.74 Å². The van der Waals surface area contributed by atoms with Crippen molar-refractivity contribution >= 4 is 0 Å². The molecule has 0 spiro atoms. The summed E-state index contributed by atoms with van der Waals surface area (Å²) in [6, 6.07) is 5.71. The number of pyridine rings is 1. The summed E-state index contributed by atoms with van der Waals surface area (Å²) in [4.78, 5) is 4.24. The molecule has 0 radical (unpaired) electrons. The Hall–Kier alpha value is -1.56. The smallest absolute Gasteiger partial charge is 0.144 e. The van der Waals surface area contributed by atoms with Crippen LogP contribution in [-0.4, -0.2) is 11.1 Å². The van der Waals surface area contributed by atoms with E-state index in [-0.39, 0.29) is 0 Å². The van der Waals surface area contributed by atoms with Crippen LogP contribution in [0, 0.1) is 11.3 Å². The maximum absolute atomic E-state index is 8.85. The third-order valence-corrected chi connectivity index (χ3v) is 2.35. The van der Waals surface area contributed by atoms with Crippen LogP contribution in [0.25, 0.3) is 0 Å². The highest BCUT2D eigenvalue weighted by Crippen LogP contribution is 2.28. The van der Waals surface area contributed by atoms with Gasteiger partial charge >= 0.3 is 0 Å². The minimum Gasteiger partial charge on any atom is -0.490 e. The van der Waals surface area contributed by atoms with Gasteiger partial charge in [0.2, 0.25) is 0 Å². The van der Waals surface area contributed by atoms with E-state index >= 15 is 0 Å². The van der Waals surface area contributed by atoms with Gasteiger partial charge < -0.3 is 4.74 Å². The van der Waals surface area contributed by atoms with E-state index in [4.69, 9.17) is 10.00 Å². The molecule has 1 aliphatic rings. The SMILES string of the molecule is CC(C)c1cc(OC2CC2)cc(C#N)n1. The molecular weight excluding hydrogens is 188 g/mol. The van der Waals surface area contributed by atoms with E-state index in [1.165, 1.54) is 0 Å². The second kappa shape index (κ2) is 3.90. The van der Waals surface area contributed by atoms with Crippen LogP contribution in [0.5, 0.6) is 5.75 Å². The average molecular weight is 202 g/mol. The molecule has 0 bridgehead atoms. The van der Waals surface area contributed by atoms with Crippen molar-refractivity contribution < 1.29 is 4.74 Å². The number of rotatable bonds is 3. The maximum Gasteiger partial charge on any atom is 0.144 e. The summed E-state index contributed by atoms with van der Waals surface area (Å²) >= 11 is 0. The fraction of sp³-hybridized carbons (Fsp3) is 0.500. The van der Waals surface area contributed by atoms with Gasteiger partial charge in [0.15, 0.2) is 0 Å². The normalized spacial score (nSPS) is 15.1. The molecule has 0 saturated heterocycles. The highest BCUT2D eigenvalue weighted by Gasteiger charge is 2.24. The topological polar surface area (TPSA) is 45.9 Å². The van der Waals surface area contributed by atoms with Crippen molar-refractivity contribution in [3.05, 3.63) is 23.5 Å². The van der Waals surface area contributed by atoms with Gasteiger partial charge in [-0.2, -0.15) is 5.26 Å². The van der Waals surface area contributed by atoms with Crippen molar-refractivity contribution in [2.75, 3.05) is 0 Å². The fourth-order valence-corrected chi connectivity index (χ4v) is 1.33. The van der Waals surface area contributed by atoms with Crippen LogP contribution in [0.3, 0.4) is 0 Å². The van der Waals surface area contributed by atoms with Gasteiger partial charge in [-0.1, -0.05) is 13.8 Å². The zero-order chi connectivity index (χ0) is 10.8. The van der Waals surface area contributed by atoms with E-state index in [0.29, 0.717) is 17.7 Å². The second-order valence-electron chi connectivity index (χ2n) is 4.20. The molecule has 78 valence electrons. The molecule has 1 heterocycles. The second-order valence-corrected chi connectivity index (χ2v) is 4.20. The molecule has 0 atom stereocenters. The van der Waals surface area contributed by atoms with E-state index < -0.39 is 0 Å². The first-order valence-electron chi connectivity index (χ1n) is 5.28. The predicted octanol–water partition coefficient (Wildman–Crippen LogP) is 2.62. The predicted molar refractivity (Wildman–Crippen MR) is 56.7 cm³/mol. The van der Waals surface area contributed by atoms with Crippen LogP contribution >= 0.6 is 0 Å². The van der Waals surface area contributed by atoms with Crippen LogP contribution in [0.1, 0.15) is 44.0 Å². The van der Waals surface area contributed by atoms with Crippen LogP contribution in [-0.2, 0) is 0 Å². The Morgan fingerprint density at radius 1 is 1.47 bits per heavy atom. The molecule has 1 saturated carbocycles. The van der Waals surface area contributed by atoms with Crippen molar-refractivity contribution in [2.45, 2.75) is 38.7 Å². The Morgan fingerprint density at radius 3 is 2.73 bits per heavy atom. The van der Waals surface area contributed by atoms with Crippen LogP contribution in [0.15, 0.2) is 12.1 Å². The molecule has 1 fully saturated rings. The summed E-state index contributed by atoms with van der Waals surface area (Å²) in [6.45, 7) is 4.12. The number of nitriles is 1. The molecule has 0 amide bonds. The van der Waals surface area contributed by atoms with E-state index in [1.807, 2.05) is 6.07 Å². The van der Waals surface area contributed by atoms with E-state index in [9.17, 15) is 0 Å². The van der Waals surface area contributed by atoms with Gasteiger partial charge in [0.1, 0.15) is 17.5 Å². The Balaban J connectivity index is 2.28. The Labute approximate surface area is 89.7 Å². The third-order valence-electron chi connectivity index (χ3n) is 2.35. The number of aromatic nitrogens is 1. The Morgan fingerprint density at radius 2 is 2.20 bits per heavy atom. The van der Waals surface area contributed by atoms with Crippen molar-refractivity contribution in [3.63, 3.8) is 0 Å². The van der Waals surface area contributed by atoms with Crippen molar-refractivity contribution in [2.24, 2.45) is 0 Å². The molecule has 15 heavy (non-hydrogen) atoms. The highest BCUT2D eigenvalue weighted by atomic mass is 16.5. The number of nitrogens with zero attached hydrogens (tertiary/aromatic N) is 2. The van der Waals surface area contributed by atoms with Crippen LogP contribution in [0.4, 0.5) is 0 Å². The molecule has 1 aromatic heterocycles. The first kappa shape index (κ1) is 9.97. The first-order valence-corrected chi connectivity index (χ1v) is 5.28. The van der Waals surface area contributed by atoms with E-state index in [2.05, 4.69) is 24.9 Å². The molecule has 0 aliphatic heterocycles. The monoisotopic (exact) mass is 202 g/mol. The zero-order valence-corrected chi connectivity index (χ0v) is 9.03. The Kier molecular flexibility index (Phi) is 2.59. The van der Waals surface area contributed by atoms with Gasteiger partial charge in [-0.25, -0.2) is 4.98 Å². The quantitative estimate of drug-likeness (QED) is 0.756. The van der Waals surface area contributed by atoms with Crippen LogP contribution in [0.2, 0.25) is 0 Å². The summed E-state index contributed by atoms with van der Waals surface area (Å²) in [5.41, 5.74) is 1.36. The lowest BCUT2D eigenvalue weighted by molar-refractivity contribution is 0.302. The van der Waals surface area contributed by atoms with Crippen molar-refractivity contribution in [1.29, 1.82) is 5.26 Å². The fourth-order valence-electron chi connectivity index (χ4n) is 1.33. The summed E-state index contributed by atoms with van der Waals surface area (Å²) in [7, 11) is 0. The van der Waals surface area contributed by atoms with Gasteiger partial charge in [-0.05, 0) is 18.8 Å². The minimum absolute atomic E-state index is 0.319. The summed E-state index contributed by atoms with van der Waals surface area (Å²) < 4.78 is 5.67. The van der Waals surface area contributed by atoms with Gasteiger partial charge in [-0.15, -0.1) is 0 Å². The summed E-state index contributed by atoms with van der Waals surface area (Å²) in [5.74, 6) is 1.10. The molecule has 0 unspecified atom stereocenters. The molecule has 3 nitrogen and oxygen atoms in total. The molecule has 1 aromatic rings. The summed E-state index contributed by atoms with van der Waals surface area (Å²) in [5, 5.41) is 8.85. The maximum atomic E-state index is 8.85. The van der Waals surface area contributed by atoms with Crippen molar-refractivity contribution in [3.8, 4) is 11.8 Å². The molecule has 1 aliphatic carbocycles. The third kappa shape index (κ3) is 2.47. The lowest BCUT2D eigenvalue weighted by atomic mass is 10.1. The Bertz CT molecular complexity index is 403. The number of ether oxygens (including phenoxy) is 1. The summed E-state index contributed by atoms with van der Waals surface area (Å²) in [6.07, 6.45) is 2.61. The molecule has 2 rings (SSSR count). The van der Waals surface area contributed by atoms with Gasteiger partial charge in [0, 0.05) is 17.8 Å². The minimum atomic E-state index is 0.319. The number of hydrogen-bond acceptors (Lipinski definition) is 3. The molecule has 0 aromatic carbocycles. The lowest BCUT2D eigenvalue weighted by Gasteiger charge is -2.09. The number of hydrogen-bond donors (Lipinski definition) is 0. The standard InChI is InChI=1S/C12H14N2O/c1-8(2)12-6-11(15-10-3-4-10)5-9(7-13)14-12/h5-6,8,10H,3-4H2,1-2H3. The molecule has 3 heteroatoms. The zero-order valence-electron chi connectivity index (χ0n) is 9.03. The van der Waals surface area contributed by atoms with Gasteiger partial charge in [0.05, 0.1) is 6.10 Å². The lowest BCUT2D eigenvalue weighted by Crippen LogP contribution is -2.01.